The molecule has 1 saturated heterocycles. The smallest absolute Gasteiger partial charge is 0.417 e. The topological polar surface area (TPSA) is 130 Å². The molecule has 40 heavy (non-hydrogen) atoms. The number of carboxylic acid groups (broad SMARTS) is 1. The van der Waals surface area contributed by atoms with Crippen LogP contribution in [0.3, 0.4) is 0 Å². The zero-order valence-corrected chi connectivity index (χ0v) is 22.7. The van der Waals surface area contributed by atoms with E-state index in [4.69, 9.17) is 9.84 Å². The van der Waals surface area contributed by atoms with Crippen LogP contribution >= 0.6 is 0 Å². The van der Waals surface area contributed by atoms with E-state index in [1.807, 2.05) is 0 Å². The Bertz CT molecular complexity index is 1630. The van der Waals surface area contributed by atoms with Crippen molar-refractivity contribution in [2.45, 2.75) is 34.9 Å². The molecule has 0 spiro atoms. The number of ether oxygens (including phenoxy) is 1. The molecule has 0 aromatic heterocycles. The van der Waals surface area contributed by atoms with Crippen molar-refractivity contribution in [3.8, 4) is 16.9 Å². The molecule has 3 aromatic rings. The van der Waals surface area contributed by atoms with Crippen molar-refractivity contribution in [1.82, 2.24) is 9.03 Å². The second kappa shape index (κ2) is 11.2. The molecule has 1 heterocycles. The number of rotatable bonds is 8. The Hall–Kier alpha value is -3.46. The van der Waals surface area contributed by atoms with Crippen LogP contribution in [0.2, 0.25) is 0 Å². The summed E-state index contributed by atoms with van der Waals surface area (Å²) in [5.74, 6) is -0.868. The van der Waals surface area contributed by atoms with Crippen LogP contribution in [0.15, 0.2) is 76.5 Å². The highest BCUT2D eigenvalue weighted by Gasteiger charge is 2.39. The maximum atomic E-state index is 14.0. The number of piperidine rings is 1. The zero-order chi connectivity index (χ0) is 29.3. The Balaban J connectivity index is 1.53. The number of carboxylic acids is 1. The van der Waals surface area contributed by atoms with Crippen LogP contribution in [0, 0.1) is 0 Å². The summed E-state index contributed by atoms with van der Waals surface area (Å²) in [5.41, 5.74) is -0.986. The fourth-order valence-electron chi connectivity index (χ4n) is 4.40. The summed E-state index contributed by atoms with van der Waals surface area (Å²) in [6, 6.07) is 13.3. The van der Waals surface area contributed by atoms with Crippen molar-refractivity contribution >= 4 is 26.0 Å². The molecular formula is C26H25F3N2O7S2. The normalized spacial score (nSPS) is 15.6. The Kier molecular flexibility index (Phi) is 8.26. The van der Waals surface area contributed by atoms with E-state index < -0.39 is 48.7 Å². The molecule has 1 aliphatic heterocycles. The lowest BCUT2D eigenvalue weighted by Crippen LogP contribution is -2.46. The second-order valence-electron chi connectivity index (χ2n) is 9.07. The van der Waals surface area contributed by atoms with E-state index >= 15 is 0 Å². The summed E-state index contributed by atoms with van der Waals surface area (Å²) in [6.07, 6.45) is -4.97. The van der Waals surface area contributed by atoms with E-state index in [1.54, 1.807) is 18.2 Å². The minimum Gasteiger partial charge on any atom is -0.497 e. The number of hydrogen-bond acceptors (Lipinski definition) is 6. The average molecular weight is 599 g/mol. The highest BCUT2D eigenvalue weighted by atomic mass is 32.2. The van der Waals surface area contributed by atoms with Gasteiger partial charge in [-0.2, -0.15) is 17.5 Å². The van der Waals surface area contributed by atoms with Gasteiger partial charge in [0, 0.05) is 19.1 Å². The summed E-state index contributed by atoms with van der Waals surface area (Å²) in [6.45, 7) is -0.235. The molecule has 0 amide bonds. The number of nitrogens with one attached hydrogen (secondary N) is 1. The summed E-state index contributed by atoms with van der Waals surface area (Å²) < 4.78 is 103. The van der Waals surface area contributed by atoms with Gasteiger partial charge < -0.3 is 9.84 Å². The lowest BCUT2D eigenvalue weighted by molar-refractivity contribution is -0.139. The number of aromatic carboxylic acids is 1. The van der Waals surface area contributed by atoms with Crippen LogP contribution in [-0.4, -0.2) is 58.5 Å². The van der Waals surface area contributed by atoms with Gasteiger partial charge in [-0.3, -0.25) is 0 Å². The fraction of sp³-hybridized carbons (Fsp3) is 0.269. The predicted octanol–water partition coefficient (Wildman–Crippen LogP) is 4.21. The molecule has 1 aliphatic rings. The van der Waals surface area contributed by atoms with E-state index in [1.165, 1.54) is 37.4 Å². The molecule has 0 atom stereocenters. The molecule has 214 valence electrons. The highest BCUT2D eigenvalue weighted by molar-refractivity contribution is 7.89. The van der Waals surface area contributed by atoms with E-state index in [0.717, 1.165) is 22.5 Å². The lowest BCUT2D eigenvalue weighted by atomic mass is 10.0. The van der Waals surface area contributed by atoms with Gasteiger partial charge in [-0.15, -0.1) is 0 Å². The second-order valence-corrected chi connectivity index (χ2v) is 12.7. The lowest BCUT2D eigenvalue weighted by Gasteiger charge is -2.31. The summed E-state index contributed by atoms with van der Waals surface area (Å²) in [5, 5.41) is 9.14. The number of nitrogens with zero attached hydrogens (tertiary/aromatic N) is 1. The standard InChI is InChI=1S/C26H25F3N2O7S2/c1-38-21-6-2-4-17(14-21)18-8-9-24(23(16-18)26(27,28)29)39(34,35)30-20-10-12-31(13-11-20)40(36,37)22-7-3-5-19(15-22)25(32)33/h2-9,14-16,20,30H,10-13H2,1H3,(H,32,33). The van der Waals surface area contributed by atoms with E-state index in [0.29, 0.717) is 11.3 Å². The first-order chi connectivity index (χ1) is 18.7. The van der Waals surface area contributed by atoms with Gasteiger partial charge in [-0.1, -0.05) is 24.3 Å². The van der Waals surface area contributed by atoms with Crippen LogP contribution in [0.1, 0.15) is 28.8 Å². The van der Waals surface area contributed by atoms with Gasteiger partial charge in [0.25, 0.3) is 0 Å². The number of benzene rings is 3. The van der Waals surface area contributed by atoms with Gasteiger partial charge in [0.15, 0.2) is 0 Å². The number of carbonyl (C=O) groups is 1. The van der Waals surface area contributed by atoms with Crippen molar-refractivity contribution in [3.05, 3.63) is 77.9 Å². The monoisotopic (exact) mass is 598 g/mol. The quantitative estimate of drug-likeness (QED) is 0.397. The Morgan fingerprint density at radius 1 is 0.950 bits per heavy atom. The SMILES string of the molecule is COc1cccc(-c2ccc(S(=O)(=O)NC3CCN(S(=O)(=O)c4cccc(C(=O)O)c4)CC3)c(C(F)(F)F)c2)c1. The van der Waals surface area contributed by atoms with Gasteiger partial charge in [0.1, 0.15) is 5.75 Å². The van der Waals surface area contributed by atoms with Crippen molar-refractivity contribution in [1.29, 1.82) is 0 Å². The number of methoxy groups -OCH3 is 1. The van der Waals surface area contributed by atoms with Gasteiger partial charge in [0.05, 0.1) is 28.0 Å². The number of hydrogen-bond donors (Lipinski definition) is 2. The largest absolute Gasteiger partial charge is 0.497 e. The fourth-order valence-corrected chi connectivity index (χ4v) is 7.43. The maximum absolute atomic E-state index is 14.0. The van der Waals surface area contributed by atoms with E-state index in [-0.39, 0.29) is 42.0 Å². The van der Waals surface area contributed by atoms with Crippen molar-refractivity contribution in [2.75, 3.05) is 20.2 Å². The Morgan fingerprint density at radius 2 is 1.60 bits per heavy atom. The summed E-state index contributed by atoms with van der Waals surface area (Å²) in [7, 11) is -7.28. The molecule has 1 fully saturated rings. The molecule has 2 N–H and O–H groups in total. The van der Waals surface area contributed by atoms with E-state index in [9.17, 15) is 34.8 Å². The molecule has 0 saturated carbocycles. The van der Waals surface area contributed by atoms with Crippen molar-refractivity contribution in [2.24, 2.45) is 0 Å². The summed E-state index contributed by atoms with van der Waals surface area (Å²) >= 11 is 0. The average Bonchev–Trinajstić information content (AvgIpc) is 2.92. The molecule has 4 rings (SSSR count). The highest BCUT2D eigenvalue weighted by Crippen LogP contribution is 2.37. The first-order valence-electron chi connectivity index (χ1n) is 11.9. The first kappa shape index (κ1) is 29.5. The summed E-state index contributed by atoms with van der Waals surface area (Å²) in [4.78, 5) is 10.0. The number of sulfonamides is 2. The molecule has 14 heteroatoms. The number of alkyl halides is 3. The molecule has 0 radical (unpaired) electrons. The molecule has 0 aliphatic carbocycles. The van der Waals surface area contributed by atoms with Gasteiger partial charge in [0.2, 0.25) is 20.0 Å². The molecule has 0 unspecified atom stereocenters. The third-order valence-electron chi connectivity index (χ3n) is 6.47. The zero-order valence-electron chi connectivity index (χ0n) is 21.1. The van der Waals surface area contributed by atoms with Gasteiger partial charge in [-0.25, -0.2) is 26.4 Å². The predicted molar refractivity (Wildman–Crippen MR) is 139 cm³/mol. The third kappa shape index (κ3) is 6.30. The molecule has 0 bridgehead atoms. The van der Waals surface area contributed by atoms with Crippen LogP contribution < -0.4 is 9.46 Å². The first-order valence-corrected chi connectivity index (χ1v) is 14.9. The minimum absolute atomic E-state index is 0.000323. The van der Waals surface area contributed by atoms with Crippen molar-refractivity contribution < 1.29 is 44.6 Å². The minimum atomic E-state index is -4.97. The van der Waals surface area contributed by atoms with Gasteiger partial charge in [-0.05, 0) is 66.4 Å². The van der Waals surface area contributed by atoms with Crippen LogP contribution in [-0.2, 0) is 26.2 Å². The maximum Gasteiger partial charge on any atom is 0.417 e. The molecule has 3 aromatic carbocycles. The van der Waals surface area contributed by atoms with Crippen LogP contribution in [0.4, 0.5) is 13.2 Å². The van der Waals surface area contributed by atoms with Crippen LogP contribution in [0.5, 0.6) is 5.75 Å². The van der Waals surface area contributed by atoms with Crippen molar-refractivity contribution in [3.63, 3.8) is 0 Å². The number of halogens is 3. The third-order valence-corrected chi connectivity index (χ3v) is 9.95. The Labute approximate surface area is 229 Å². The Morgan fingerprint density at radius 3 is 2.23 bits per heavy atom. The van der Waals surface area contributed by atoms with Gasteiger partial charge >= 0.3 is 12.1 Å². The van der Waals surface area contributed by atoms with E-state index in [2.05, 4.69) is 4.72 Å². The van der Waals surface area contributed by atoms with Crippen LogP contribution in [0.25, 0.3) is 11.1 Å². The molecular weight excluding hydrogens is 573 g/mol. The molecule has 9 nitrogen and oxygen atoms in total.